The minimum Gasteiger partial charge on any atom is -0.314 e. The lowest BCUT2D eigenvalue weighted by Crippen LogP contribution is -2.47. The van der Waals surface area contributed by atoms with Crippen molar-refractivity contribution in [3.8, 4) is 0 Å². The third kappa shape index (κ3) is 4.41. The molecule has 1 heterocycles. The number of nitrogens with one attached hydrogen (secondary N) is 1. The lowest BCUT2D eigenvalue weighted by Gasteiger charge is -2.32. The summed E-state index contributed by atoms with van der Waals surface area (Å²) >= 11 is 0. The third-order valence-electron chi connectivity index (χ3n) is 4.40. The summed E-state index contributed by atoms with van der Waals surface area (Å²) in [5.74, 6) is 0.264. The van der Waals surface area contributed by atoms with E-state index in [1.165, 1.54) is 19.3 Å². The second-order valence-electron chi connectivity index (χ2n) is 5.72. The van der Waals surface area contributed by atoms with E-state index in [-0.39, 0.29) is 11.8 Å². The first kappa shape index (κ1) is 15.2. The van der Waals surface area contributed by atoms with Gasteiger partial charge in [-0.05, 0) is 12.8 Å². The molecule has 0 aromatic rings. The molecule has 0 amide bonds. The number of rotatable bonds is 5. The minimum atomic E-state index is -3.09. The maximum absolute atomic E-state index is 12.4. The quantitative estimate of drug-likeness (QED) is 0.800. The standard InChI is InChI=1S/C13H27N3O2S/c1-15(13-5-3-2-4-6-13)19(17,18)12-11-16-9-7-14-8-10-16/h13-14H,2-12H2,1H3. The van der Waals surface area contributed by atoms with Crippen molar-refractivity contribution in [2.75, 3.05) is 45.5 Å². The van der Waals surface area contributed by atoms with Gasteiger partial charge in [-0.15, -0.1) is 0 Å². The van der Waals surface area contributed by atoms with Gasteiger partial charge in [-0.3, -0.25) is 4.90 Å². The van der Waals surface area contributed by atoms with Crippen LogP contribution in [0.2, 0.25) is 0 Å². The summed E-state index contributed by atoms with van der Waals surface area (Å²) in [4.78, 5) is 2.24. The van der Waals surface area contributed by atoms with Crippen molar-refractivity contribution in [1.82, 2.24) is 14.5 Å². The van der Waals surface area contributed by atoms with E-state index in [0.29, 0.717) is 6.54 Å². The first-order valence-electron chi connectivity index (χ1n) is 7.48. The Morgan fingerprint density at radius 1 is 1.16 bits per heavy atom. The molecule has 1 saturated carbocycles. The van der Waals surface area contributed by atoms with Crippen molar-refractivity contribution in [2.45, 2.75) is 38.1 Å². The Labute approximate surface area is 117 Å². The molecule has 0 aromatic carbocycles. The Bertz CT molecular complexity index is 360. The van der Waals surface area contributed by atoms with E-state index in [1.807, 2.05) is 0 Å². The van der Waals surface area contributed by atoms with Gasteiger partial charge in [0.2, 0.25) is 10.0 Å². The number of nitrogens with zero attached hydrogens (tertiary/aromatic N) is 2. The van der Waals surface area contributed by atoms with Gasteiger partial charge >= 0.3 is 0 Å². The smallest absolute Gasteiger partial charge is 0.215 e. The van der Waals surface area contributed by atoms with Crippen LogP contribution in [0.3, 0.4) is 0 Å². The summed E-state index contributed by atoms with van der Waals surface area (Å²) in [5, 5.41) is 3.28. The van der Waals surface area contributed by atoms with Gasteiger partial charge in [0, 0.05) is 45.8 Å². The van der Waals surface area contributed by atoms with Gasteiger partial charge in [0.05, 0.1) is 5.75 Å². The van der Waals surface area contributed by atoms with E-state index in [2.05, 4.69) is 10.2 Å². The van der Waals surface area contributed by atoms with Crippen LogP contribution in [0.25, 0.3) is 0 Å². The maximum Gasteiger partial charge on any atom is 0.215 e. The Hall–Kier alpha value is -0.170. The molecule has 0 atom stereocenters. The fourth-order valence-corrected chi connectivity index (χ4v) is 4.44. The summed E-state index contributed by atoms with van der Waals surface area (Å²) in [5.41, 5.74) is 0. The molecule has 0 aromatic heterocycles. The van der Waals surface area contributed by atoms with Gasteiger partial charge in [-0.1, -0.05) is 19.3 Å². The summed E-state index contributed by atoms with van der Waals surface area (Å²) in [6, 6.07) is 0.238. The molecule has 2 fully saturated rings. The van der Waals surface area contributed by atoms with Crippen molar-refractivity contribution < 1.29 is 8.42 Å². The molecular weight excluding hydrogens is 262 g/mol. The molecule has 2 rings (SSSR count). The Morgan fingerprint density at radius 3 is 2.42 bits per heavy atom. The van der Waals surface area contributed by atoms with E-state index in [4.69, 9.17) is 0 Å². The predicted octanol–water partition coefficient (Wildman–Crippen LogP) is 0.486. The second-order valence-corrected chi connectivity index (χ2v) is 7.86. The van der Waals surface area contributed by atoms with Crippen LogP contribution in [-0.4, -0.2) is 69.2 Å². The van der Waals surface area contributed by atoms with Gasteiger partial charge in [0.1, 0.15) is 0 Å². The third-order valence-corrected chi connectivity index (χ3v) is 6.28. The van der Waals surface area contributed by atoms with Crippen molar-refractivity contribution in [3.05, 3.63) is 0 Å². The maximum atomic E-state index is 12.4. The predicted molar refractivity (Wildman–Crippen MR) is 77.7 cm³/mol. The highest BCUT2D eigenvalue weighted by molar-refractivity contribution is 7.89. The summed E-state index contributed by atoms with van der Waals surface area (Å²) < 4.78 is 26.4. The molecule has 1 N–H and O–H groups in total. The fraction of sp³-hybridized carbons (Fsp3) is 1.00. The van der Waals surface area contributed by atoms with E-state index < -0.39 is 10.0 Å². The largest absolute Gasteiger partial charge is 0.314 e. The van der Waals surface area contributed by atoms with Crippen LogP contribution in [0, 0.1) is 0 Å². The van der Waals surface area contributed by atoms with E-state index in [1.54, 1.807) is 11.4 Å². The molecule has 5 nitrogen and oxygen atoms in total. The Morgan fingerprint density at radius 2 is 1.79 bits per heavy atom. The molecule has 1 aliphatic carbocycles. The molecule has 6 heteroatoms. The number of sulfonamides is 1. The van der Waals surface area contributed by atoms with Crippen molar-refractivity contribution in [1.29, 1.82) is 0 Å². The van der Waals surface area contributed by atoms with Crippen LogP contribution in [-0.2, 0) is 10.0 Å². The average Bonchev–Trinajstić information content (AvgIpc) is 2.46. The van der Waals surface area contributed by atoms with Crippen molar-refractivity contribution in [3.63, 3.8) is 0 Å². The molecule has 0 radical (unpaired) electrons. The van der Waals surface area contributed by atoms with Crippen LogP contribution >= 0.6 is 0 Å². The van der Waals surface area contributed by atoms with Crippen LogP contribution in [0.1, 0.15) is 32.1 Å². The van der Waals surface area contributed by atoms with Gasteiger partial charge in [0.15, 0.2) is 0 Å². The van der Waals surface area contributed by atoms with E-state index >= 15 is 0 Å². The molecule has 1 aliphatic heterocycles. The lowest BCUT2D eigenvalue weighted by atomic mass is 9.96. The summed E-state index contributed by atoms with van der Waals surface area (Å²) in [6.07, 6.45) is 5.66. The van der Waals surface area contributed by atoms with Crippen molar-refractivity contribution in [2.24, 2.45) is 0 Å². The molecule has 0 spiro atoms. The minimum absolute atomic E-state index is 0.238. The topological polar surface area (TPSA) is 52.7 Å². The highest BCUT2D eigenvalue weighted by Gasteiger charge is 2.27. The Kier molecular flexibility index (Phi) is 5.62. The van der Waals surface area contributed by atoms with Gasteiger partial charge < -0.3 is 5.32 Å². The highest BCUT2D eigenvalue weighted by atomic mass is 32.2. The molecule has 0 unspecified atom stereocenters. The van der Waals surface area contributed by atoms with Crippen LogP contribution in [0.5, 0.6) is 0 Å². The van der Waals surface area contributed by atoms with Gasteiger partial charge in [0.25, 0.3) is 0 Å². The highest BCUT2D eigenvalue weighted by Crippen LogP contribution is 2.23. The lowest BCUT2D eigenvalue weighted by molar-refractivity contribution is 0.249. The van der Waals surface area contributed by atoms with Crippen molar-refractivity contribution >= 4 is 10.0 Å². The molecule has 2 aliphatic rings. The van der Waals surface area contributed by atoms with E-state index in [9.17, 15) is 8.42 Å². The molecular formula is C13H27N3O2S. The molecule has 1 saturated heterocycles. The number of hydrogen-bond acceptors (Lipinski definition) is 4. The molecule has 19 heavy (non-hydrogen) atoms. The van der Waals surface area contributed by atoms with E-state index in [0.717, 1.165) is 39.0 Å². The first-order chi connectivity index (χ1) is 9.09. The summed E-state index contributed by atoms with van der Waals surface area (Å²) in [6.45, 7) is 4.53. The molecule has 0 bridgehead atoms. The van der Waals surface area contributed by atoms with Crippen LogP contribution < -0.4 is 5.32 Å². The molecule has 112 valence electrons. The van der Waals surface area contributed by atoms with Gasteiger partial charge in [-0.2, -0.15) is 0 Å². The summed E-state index contributed by atoms with van der Waals surface area (Å²) in [7, 11) is -1.32. The average molecular weight is 289 g/mol. The second kappa shape index (κ2) is 7.02. The van der Waals surface area contributed by atoms with Crippen LogP contribution in [0.4, 0.5) is 0 Å². The Balaban J connectivity index is 1.82. The number of piperazine rings is 1. The monoisotopic (exact) mass is 289 g/mol. The zero-order valence-corrected chi connectivity index (χ0v) is 12.8. The van der Waals surface area contributed by atoms with Crippen LogP contribution in [0.15, 0.2) is 0 Å². The normalized spacial score (nSPS) is 23.9. The zero-order valence-electron chi connectivity index (χ0n) is 12.0. The first-order valence-corrected chi connectivity index (χ1v) is 9.09. The van der Waals surface area contributed by atoms with Gasteiger partial charge in [-0.25, -0.2) is 12.7 Å². The fourth-order valence-electron chi connectivity index (χ4n) is 2.99. The number of hydrogen-bond donors (Lipinski definition) is 1. The zero-order chi connectivity index (χ0) is 13.7. The SMILES string of the molecule is CN(C1CCCCC1)S(=O)(=O)CCN1CCNCC1.